The molecule has 1 atom stereocenters. The summed E-state index contributed by atoms with van der Waals surface area (Å²) >= 11 is 0. The van der Waals surface area contributed by atoms with E-state index in [1.165, 1.54) is 0 Å². The van der Waals surface area contributed by atoms with Gasteiger partial charge >= 0.3 is 0 Å². The fraction of sp³-hybridized carbons (Fsp3) is 0.333. The van der Waals surface area contributed by atoms with Crippen LogP contribution in [0.5, 0.6) is 0 Å². The molecule has 1 N–H and O–H groups in total. The second-order valence-corrected chi connectivity index (χ2v) is 5.87. The van der Waals surface area contributed by atoms with Crippen molar-refractivity contribution >= 4 is 0 Å². The molecule has 3 aromatic rings. The van der Waals surface area contributed by atoms with Gasteiger partial charge in [-0.25, -0.2) is 0 Å². The van der Waals surface area contributed by atoms with E-state index in [2.05, 4.69) is 59.0 Å². The van der Waals surface area contributed by atoms with Gasteiger partial charge in [0.1, 0.15) is 0 Å². The van der Waals surface area contributed by atoms with E-state index >= 15 is 0 Å². The number of nitrogens with one attached hydrogen (secondary N) is 1. The lowest BCUT2D eigenvalue weighted by Gasteiger charge is -2.08. The Morgan fingerprint density at radius 2 is 1.96 bits per heavy atom. The Kier molecular flexibility index (Phi) is 4.30. The molecule has 0 saturated heterocycles. The third kappa shape index (κ3) is 3.05. The zero-order valence-electron chi connectivity index (χ0n) is 14.0. The minimum atomic E-state index is 0.317. The molecule has 0 aliphatic rings. The normalized spacial score (nSPS) is 12.5. The lowest BCUT2D eigenvalue weighted by Crippen LogP contribution is -2.24. The number of hydrogen-bond acceptors (Lipinski definition) is 4. The van der Waals surface area contributed by atoms with E-state index in [1.54, 1.807) is 0 Å². The van der Waals surface area contributed by atoms with Crippen LogP contribution in [-0.4, -0.2) is 27.8 Å². The van der Waals surface area contributed by atoms with Crippen LogP contribution in [-0.2, 0) is 6.42 Å². The topological polar surface area (TPSA) is 55.9 Å². The largest absolute Gasteiger partial charge is 0.334 e. The standard InChI is InChI=1S/C18H22N4O/c1-12(19-4)10-17-20-18(23-21-17)16-11-13(2)22(14(16)3)15-8-6-5-7-9-15/h5-9,11-12,19H,10H2,1-4H3. The summed E-state index contributed by atoms with van der Waals surface area (Å²) in [4.78, 5) is 4.55. The highest BCUT2D eigenvalue weighted by Gasteiger charge is 2.18. The number of aromatic nitrogens is 3. The Bertz CT molecular complexity index is 789. The molecule has 0 aliphatic carbocycles. The first kappa shape index (κ1) is 15.5. The van der Waals surface area contributed by atoms with Crippen molar-refractivity contribution in [2.75, 3.05) is 7.05 Å². The van der Waals surface area contributed by atoms with Gasteiger partial charge in [0.25, 0.3) is 5.89 Å². The molecule has 0 fully saturated rings. The fourth-order valence-corrected chi connectivity index (χ4v) is 2.78. The molecule has 0 radical (unpaired) electrons. The highest BCUT2D eigenvalue weighted by Crippen LogP contribution is 2.28. The van der Waals surface area contributed by atoms with E-state index < -0.39 is 0 Å². The minimum Gasteiger partial charge on any atom is -0.334 e. The summed E-state index contributed by atoms with van der Waals surface area (Å²) in [5.74, 6) is 1.31. The minimum absolute atomic E-state index is 0.317. The van der Waals surface area contributed by atoms with Gasteiger partial charge in [-0.05, 0) is 46.0 Å². The van der Waals surface area contributed by atoms with E-state index in [4.69, 9.17) is 4.52 Å². The van der Waals surface area contributed by atoms with Crippen molar-refractivity contribution in [2.24, 2.45) is 0 Å². The van der Waals surface area contributed by atoms with E-state index in [0.717, 1.165) is 34.9 Å². The SMILES string of the molecule is CNC(C)Cc1noc(-c2cc(C)n(-c3ccccc3)c2C)n1. The Labute approximate surface area is 136 Å². The Morgan fingerprint density at radius 1 is 1.22 bits per heavy atom. The second-order valence-electron chi connectivity index (χ2n) is 5.87. The molecule has 0 aliphatic heterocycles. The number of para-hydroxylation sites is 1. The van der Waals surface area contributed by atoms with E-state index in [9.17, 15) is 0 Å². The highest BCUT2D eigenvalue weighted by molar-refractivity contribution is 5.60. The van der Waals surface area contributed by atoms with Crippen LogP contribution in [0.4, 0.5) is 0 Å². The summed E-state index contributed by atoms with van der Waals surface area (Å²) in [7, 11) is 1.93. The molecular formula is C18H22N4O. The van der Waals surface area contributed by atoms with Gasteiger partial charge in [-0.2, -0.15) is 4.98 Å². The zero-order valence-corrected chi connectivity index (χ0v) is 14.0. The molecule has 0 bridgehead atoms. The zero-order chi connectivity index (χ0) is 16.4. The van der Waals surface area contributed by atoms with Crippen LogP contribution in [0, 0.1) is 13.8 Å². The molecule has 120 valence electrons. The van der Waals surface area contributed by atoms with Crippen LogP contribution in [0.3, 0.4) is 0 Å². The average molecular weight is 310 g/mol. The molecule has 0 spiro atoms. The molecule has 5 heteroatoms. The van der Waals surface area contributed by atoms with Gasteiger partial charge in [-0.1, -0.05) is 23.4 Å². The predicted octanol–water partition coefficient (Wildman–Crippen LogP) is 3.29. The van der Waals surface area contributed by atoms with Crippen LogP contribution in [0.1, 0.15) is 24.1 Å². The summed E-state index contributed by atoms with van der Waals surface area (Å²) in [6.07, 6.45) is 0.747. The van der Waals surface area contributed by atoms with E-state index in [1.807, 2.05) is 25.2 Å². The molecule has 23 heavy (non-hydrogen) atoms. The highest BCUT2D eigenvalue weighted by atomic mass is 16.5. The lowest BCUT2D eigenvalue weighted by molar-refractivity contribution is 0.418. The van der Waals surface area contributed by atoms with Gasteiger partial charge in [-0.15, -0.1) is 0 Å². The number of likely N-dealkylation sites (N-methyl/N-ethyl adjacent to an activating group) is 1. The monoisotopic (exact) mass is 310 g/mol. The maximum absolute atomic E-state index is 5.48. The fourth-order valence-electron chi connectivity index (χ4n) is 2.78. The summed E-state index contributed by atoms with van der Waals surface area (Å²) in [5, 5.41) is 7.28. The Morgan fingerprint density at radius 3 is 2.65 bits per heavy atom. The molecule has 1 aromatic carbocycles. The van der Waals surface area contributed by atoms with Crippen LogP contribution in [0.25, 0.3) is 17.1 Å². The number of benzene rings is 1. The van der Waals surface area contributed by atoms with Crippen molar-refractivity contribution in [1.82, 2.24) is 20.0 Å². The van der Waals surface area contributed by atoms with Crippen LogP contribution >= 0.6 is 0 Å². The summed E-state index contributed by atoms with van der Waals surface area (Å²) in [5.41, 5.74) is 4.37. The maximum atomic E-state index is 5.48. The van der Waals surface area contributed by atoms with Crippen molar-refractivity contribution in [2.45, 2.75) is 33.2 Å². The molecule has 1 unspecified atom stereocenters. The molecule has 2 heterocycles. The van der Waals surface area contributed by atoms with Gasteiger partial charge in [0, 0.05) is 29.5 Å². The predicted molar refractivity (Wildman–Crippen MR) is 90.8 cm³/mol. The van der Waals surface area contributed by atoms with Gasteiger partial charge in [0.2, 0.25) is 0 Å². The molecule has 3 rings (SSSR count). The van der Waals surface area contributed by atoms with Crippen molar-refractivity contribution in [1.29, 1.82) is 0 Å². The van der Waals surface area contributed by atoms with Crippen LogP contribution < -0.4 is 5.32 Å². The molecular weight excluding hydrogens is 288 g/mol. The smallest absolute Gasteiger partial charge is 0.259 e. The van der Waals surface area contributed by atoms with Crippen LogP contribution in [0.2, 0.25) is 0 Å². The molecule has 0 saturated carbocycles. The lowest BCUT2D eigenvalue weighted by atomic mass is 10.2. The van der Waals surface area contributed by atoms with Crippen molar-refractivity contribution < 1.29 is 4.52 Å². The number of nitrogens with zero attached hydrogens (tertiary/aromatic N) is 3. The number of rotatable bonds is 5. The summed E-state index contributed by atoms with van der Waals surface area (Å²) in [6, 6.07) is 12.7. The second kappa shape index (κ2) is 6.38. The Balaban J connectivity index is 1.96. The van der Waals surface area contributed by atoms with Crippen molar-refractivity contribution in [3.63, 3.8) is 0 Å². The number of aryl methyl sites for hydroxylation is 1. The van der Waals surface area contributed by atoms with Gasteiger partial charge in [0.15, 0.2) is 5.82 Å². The van der Waals surface area contributed by atoms with E-state index in [-0.39, 0.29) is 0 Å². The van der Waals surface area contributed by atoms with Gasteiger partial charge in [0.05, 0.1) is 5.56 Å². The third-order valence-corrected chi connectivity index (χ3v) is 4.13. The Hall–Kier alpha value is -2.40. The molecule has 5 nitrogen and oxygen atoms in total. The van der Waals surface area contributed by atoms with Gasteiger partial charge in [-0.3, -0.25) is 0 Å². The quantitative estimate of drug-likeness (QED) is 0.785. The number of hydrogen-bond donors (Lipinski definition) is 1. The van der Waals surface area contributed by atoms with Crippen molar-refractivity contribution in [3.05, 3.63) is 53.6 Å². The third-order valence-electron chi connectivity index (χ3n) is 4.13. The maximum Gasteiger partial charge on any atom is 0.259 e. The first-order valence-corrected chi connectivity index (χ1v) is 7.84. The first-order valence-electron chi connectivity index (χ1n) is 7.84. The summed E-state index contributed by atoms with van der Waals surface area (Å²) in [6.45, 7) is 6.26. The summed E-state index contributed by atoms with van der Waals surface area (Å²) < 4.78 is 7.68. The van der Waals surface area contributed by atoms with E-state index in [0.29, 0.717) is 11.9 Å². The molecule has 2 aromatic heterocycles. The van der Waals surface area contributed by atoms with Gasteiger partial charge < -0.3 is 14.4 Å². The van der Waals surface area contributed by atoms with Crippen molar-refractivity contribution in [3.8, 4) is 17.1 Å². The first-order chi connectivity index (χ1) is 11.1. The molecule has 0 amide bonds. The average Bonchev–Trinajstić information content (AvgIpc) is 3.12. The van der Waals surface area contributed by atoms with Crippen LogP contribution in [0.15, 0.2) is 40.9 Å².